The fraction of sp³-hybridized carbons (Fsp3) is 0.316. The Kier molecular flexibility index (Phi) is 4.00. The van der Waals surface area contributed by atoms with Gasteiger partial charge in [-0.2, -0.15) is 0 Å². The third-order valence-corrected chi connectivity index (χ3v) is 5.07. The zero-order chi connectivity index (χ0) is 19.3. The largest absolute Gasteiger partial charge is 0.507 e. The molecule has 3 atom stereocenters. The number of rotatable bonds is 2. The molecule has 0 radical (unpaired) electrons. The fourth-order valence-corrected chi connectivity index (χ4v) is 3.71. The van der Waals surface area contributed by atoms with Crippen LogP contribution in [-0.4, -0.2) is 37.5 Å². The summed E-state index contributed by atoms with van der Waals surface area (Å²) < 4.78 is 5.78. The van der Waals surface area contributed by atoms with E-state index in [4.69, 9.17) is 4.74 Å². The van der Waals surface area contributed by atoms with Gasteiger partial charge in [0.25, 0.3) is 0 Å². The van der Waals surface area contributed by atoms with Crippen molar-refractivity contribution in [2.45, 2.75) is 37.5 Å². The Morgan fingerprint density at radius 3 is 2.48 bits per heavy atom. The molecule has 2 aliphatic rings. The lowest BCUT2D eigenvalue weighted by Gasteiger charge is -2.32. The predicted octanol–water partition coefficient (Wildman–Crippen LogP) is 1.50. The van der Waals surface area contributed by atoms with Crippen molar-refractivity contribution < 1.29 is 35.1 Å². The van der Waals surface area contributed by atoms with Gasteiger partial charge in [-0.25, -0.2) is 0 Å². The molecule has 4 rings (SSSR count). The van der Waals surface area contributed by atoms with Crippen LogP contribution < -0.4 is 10.1 Å². The van der Waals surface area contributed by atoms with Gasteiger partial charge < -0.3 is 35.6 Å². The summed E-state index contributed by atoms with van der Waals surface area (Å²) >= 11 is 0. The Hall–Kier alpha value is -3.13. The molecule has 27 heavy (non-hydrogen) atoms. The van der Waals surface area contributed by atoms with Crippen molar-refractivity contribution in [1.29, 1.82) is 0 Å². The second-order valence-corrected chi connectivity index (χ2v) is 6.85. The fourth-order valence-electron chi connectivity index (χ4n) is 3.71. The average Bonchev–Trinajstić information content (AvgIpc) is 3.04. The molecular formula is C19H19NO7. The molecule has 8 nitrogen and oxygen atoms in total. The molecule has 0 bridgehead atoms. The number of ether oxygens (including phenoxy) is 1. The maximum Gasteiger partial charge on any atom is 0.220 e. The van der Waals surface area contributed by atoms with Gasteiger partial charge in [-0.05, 0) is 24.1 Å². The monoisotopic (exact) mass is 373 g/mol. The van der Waals surface area contributed by atoms with Crippen LogP contribution >= 0.6 is 0 Å². The van der Waals surface area contributed by atoms with Crippen LogP contribution in [0.15, 0.2) is 24.3 Å². The summed E-state index contributed by atoms with van der Waals surface area (Å²) in [6, 6.07) is 4.95. The summed E-state index contributed by atoms with van der Waals surface area (Å²) in [6.07, 6.45) is -1.05. The summed E-state index contributed by atoms with van der Waals surface area (Å²) in [7, 11) is 0. The minimum Gasteiger partial charge on any atom is -0.507 e. The van der Waals surface area contributed by atoms with E-state index < -0.39 is 18.2 Å². The van der Waals surface area contributed by atoms with E-state index in [-0.39, 0.29) is 46.6 Å². The van der Waals surface area contributed by atoms with E-state index in [1.54, 1.807) is 0 Å². The molecule has 1 fully saturated rings. The second kappa shape index (κ2) is 6.24. The third-order valence-electron chi connectivity index (χ3n) is 5.07. The van der Waals surface area contributed by atoms with Gasteiger partial charge in [0, 0.05) is 24.5 Å². The molecule has 1 amide bonds. The molecule has 2 aromatic rings. The highest BCUT2D eigenvalue weighted by atomic mass is 16.5. The number of hydrogen-bond acceptors (Lipinski definition) is 7. The number of carbonyl (C=O) groups is 1. The van der Waals surface area contributed by atoms with Crippen LogP contribution in [0.2, 0.25) is 0 Å². The molecule has 0 aromatic heterocycles. The van der Waals surface area contributed by atoms with E-state index in [1.807, 2.05) is 0 Å². The summed E-state index contributed by atoms with van der Waals surface area (Å²) in [5.74, 6) is -0.985. The molecule has 6 N–H and O–H groups in total. The lowest BCUT2D eigenvalue weighted by molar-refractivity contribution is -0.119. The Morgan fingerprint density at radius 1 is 1.04 bits per heavy atom. The number of benzene rings is 2. The maximum atomic E-state index is 11.5. The number of phenolic OH excluding ortho intramolecular Hbond substituents is 4. The van der Waals surface area contributed by atoms with Crippen molar-refractivity contribution >= 4 is 5.91 Å². The predicted molar refractivity (Wildman–Crippen MR) is 92.7 cm³/mol. The van der Waals surface area contributed by atoms with Gasteiger partial charge in [-0.1, -0.05) is 6.07 Å². The Labute approximate surface area is 154 Å². The lowest BCUT2D eigenvalue weighted by Crippen LogP contribution is -2.30. The Bertz CT molecular complexity index is 927. The maximum absolute atomic E-state index is 11.5. The highest BCUT2D eigenvalue weighted by molar-refractivity contribution is 5.79. The number of fused-ring (bicyclic) bond motifs is 1. The number of aliphatic hydroxyl groups is 1. The van der Waals surface area contributed by atoms with Crippen molar-refractivity contribution in [3.05, 3.63) is 41.0 Å². The minimum atomic E-state index is -1.03. The van der Waals surface area contributed by atoms with Crippen molar-refractivity contribution in [3.8, 4) is 28.7 Å². The lowest BCUT2D eigenvalue weighted by atomic mass is 9.90. The number of aliphatic hydroxyl groups excluding tert-OH is 1. The quantitative estimate of drug-likeness (QED) is 0.438. The molecule has 0 spiro atoms. The number of aromatic hydroxyl groups is 4. The molecule has 0 unspecified atom stereocenters. The van der Waals surface area contributed by atoms with Crippen LogP contribution in [0.1, 0.15) is 41.7 Å². The molecule has 2 aromatic carbocycles. The topological polar surface area (TPSA) is 139 Å². The summed E-state index contributed by atoms with van der Waals surface area (Å²) in [4.78, 5) is 11.5. The molecule has 8 heteroatoms. The highest BCUT2D eigenvalue weighted by Gasteiger charge is 2.36. The second-order valence-electron chi connectivity index (χ2n) is 6.85. The van der Waals surface area contributed by atoms with Gasteiger partial charge in [0.15, 0.2) is 11.5 Å². The zero-order valence-electron chi connectivity index (χ0n) is 14.2. The van der Waals surface area contributed by atoms with E-state index in [0.717, 1.165) is 0 Å². The van der Waals surface area contributed by atoms with E-state index in [2.05, 4.69) is 5.32 Å². The standard InChI is InChI=1S/C19H19NO7/c21-11-3-1-8(5-12(11)22)19-14(24)6-9-15(27-19)7-13(23)17(18(9)26)10-2-4-16(25)20-10/h1,3,5,7,10,14,19,21-24,26H,2,4,6H2,(H,20,25)/t10-,14-,19-/m1/s1. The van der Waals surface area contributed by atoms with Crippen LogP contribution in [0.25, 0.3) is 0 Å². The van der Waals surface area contributed by atoms with Gasteiger partial charge in [-0.15, -0.1) is 0 Å². The van der Waals surface area contributed by atoms with Gasteiger partial charge >= 0.3 is 0 Å². The van der Waals surface area contributed by atoms with Crippen LogP contribution in [0.3, 0.4) is 0 Å². The summed E-state index contributed by atoms with van der Waals surface area (Å²) in [5, 5.41) is 53.3. The molecule has 2 heterocycles. The third kappa shape index (κ3) is 2.87. The van der Waals surface area contributed by atoms with Crippen LogP contribution in [-0.2, 0) is 11.2 Å². The van der Waals surface area contributed by atoms with E-state index in [9.17, 15) is 30.3 Å². The van der Waals surface area contributed by atoms with Crippen LogP contribution in [0, 0.1) is 0 Å². The highest BCUT2D eigenvalue weighted by Crippen LogP contribution is 2.48. The SMILES string of the molecule is O=C1CC[C@H](c2c(O)cc3c(c2O)C[C@@H](O)[C@@H](c2ccc(O)c(O)c2)O3)N1. The van der Waals surface area contributed by atoms with Crippen LogP contribution in [0.4, 0.5) is 0 Å². The first kappa shape index (κ1) is 17.3. The molecule has 0 aliphatic carbocycles. The van der Waals surface area contributed by atoms with Gasteiger partial charge in [0.1, 0.15) is 23.4 Å². The van der Waals surface area contributed by atoms with E-state index in [1.165, 1.54) is 24.3 Å². The zero-order valence-corrected chi connectivity index (χ0v) is 14.2. The van der Waals surface area contributed by atoms with Gasteiger partial charge in [0.05, 0.1) is 17.7 Å². The van der Waals surface area contributed by atoms with Gasteiger partial charge in [-0.3, -0.25) is 4.79 Å². The molecule has 1 saturated heterocycles. The Balaban J connectivity index is 1.70. The number of carbonyl (C=O) groups excluding carboxylic acids is 1. The van der Waals surface area contributed by atoms with Gasteiger partial charge in [0.2, 0.25) is 5.91 Å². The van der Waals surface area contributed by atoms with Crippen LogP contribution in [0.5, 0.6) is 28.7 Å². The molecular weight excluding hydrogens is 354 g/mol. The minimum absolute atomic E-state index is 0.0570. The van der Waals surface area contributed by atoms with Crippen molar-refractivity contribution in [2.75, 3.05) is 0 Å². The van der Waals surface area contributed by atoms with E-state index in [0.29, 0.717) is 24.0 Å². The first-order chi connectivity index (χ1) is 12.8. The smallest absolute Gasteiger partial charge is 0.220 e. The van der Waals surface area contributed by atoms with Crippen molar-refractivity contribution in [2.24, 2.45) is 0 Å². The average molecular weight is 373 g/mol. The Morgan fingerprint density at radius 2 is 1.81 bits per heavy atom. The number of amides is 1. The molecule has 2 aliphatic heterocycles. The number of phenols is 4. The van der Waals surface area contributed by atoms with Crippen molar-refractivity contribution in [1.82, 2.24) is 5.32 Å². The summed E-state index contributed by atoms with van der Waals surface area (Å²) in [5.41, 5.74) is 1.00. The normalized spacial score (nSPS) is 24.2. The van der Waals surface area contributed by atoms with E-state index >= 15 is 0 Å². The molecule has 142 valence electrons. The number of nitrogens with one attached hydrogen (secondary N) is 1. The number of hydrogen-bond donors (Lipinski definition) is 6. The first-order valence-corrected chi connectivity index (χ1v) is 8.58. The van der Waals surface area contributed by atoms with Crippen molar-refractivity contribution in [3.63, 3.8) is 0 Å². The first-order valence-electron chi connectivity index (χ1n) is 8.58. The summed E-state index contributed by atoms with van der Waals surface area (Å²) in [6.45, 7) is 0. The molecule has 0 saturated carbocycles.